The molecule has 0 radical (unpaired) electrons. The topological polar surface area (TPSA) is 36.4 Å². The van der Waals surface area contributed by atoms with Gasteiger partial charge in [0.25, 0.3) is 0 Å². The van der Waals surface area contributed by atoms with Gasteiger partial charge in [-0.15, -0.1) is 0 Å². The first-order valence-electron chi connectivity index (χ1n) is 5.56. The van der Waals surface area contributed by atoms with Gasteiger partial charge in [0, 0.05) is 14.1 Å². The van der Waals surface area contributed by atoms with Crippen LogP contribution in [0.3, 0.4) is 0 Å². The van der Waals surface area contributed by atoms with E-state index in [1.165, 1.54) is 0 Å². The third kappa shape index (κ3) is 1.78. The Morgan fingerprint density at radius 3 is 2.75 bits per heavy atom. The molecule has 0 aromatic carbocycles. The Morgan fingerprint density at radius 2 is 2.12 bits per heavy atom. The summed E-state index contributed by atoms with van der Waals surface area (Å²) in [6, 6.07) is 0. The van der Waals surface area contributed by atoms with Gasteiger partial charge in [0.05, 0.1) is 28.2 Å². The third-order valence-corrected chi connectivity index (χ3v) is 3.49. The minimum absolute atomic E-state index is 0.448. The summed E-state index contributed by atoms with van der Waals surface area (Å²) in [7, 11) is 3.92. The lowest BCUT2D eigenvalue weighted by Crippen LogP contribution is -2.18. The second-order valence-electron chi connectivity index (χ2n) is 4.53. The quantitative estimate of drug-likeness (QED) is 0.819. The largest absolute Gasteiger partial charge is 0.387 e. The maximum atomic E-state index is 9.90. The first-order chi connectivity index (χ1) is 7.52. The zero-order chi connectivity index (χ0) is 11.9. The Labute approximate surface area is 101 Å². The molecule has 0 aliphatic heterocycles. The summed E-state index contributed by atoms with van der Waals surface area (Å²) >= 11 is 6.40. The molecule has 1 aliphatic carbocycles. The second-order valence-corrected chi connectivity index (χ2v) is 4.90. The Morgan fingerprint density at radius 1 is 1.44 bits per heavy atom. The summed E-state index contributed by atoms with van der Waals surface area (Å²) in [5.41, 5.74) is 3.65. The van der Waals surface area contributed by atoms with Crippen LogP contribution in [0.2, 0.25) is 5.02 Å². The Hall–Kier alpha value is -0.800. The van der Waals surface area contributed by atoms with E-state index in [0.29, 0.717) is 0 Å². The van der Waals surface area contributed by atoms with Crippen molar-refractivity contribution >= 4 is 17.3 Å². The molecular weight excluding hydrogens is 224 g/mol. The number of aliphatic hydroxyl groups excluding tert-OH is 1. The number of aryl methyl sites for hydroxylation is 1. The number of halogens is 1. The lowest BCUT2D eigenvalue weighted by atomic mass is 9.93. The third-order valence-electron chi connectivity index (χ3n) is 3.08. The van der Waals surface area contributed by atoms with Crippen molar-refractivity contribution in [2.75, 3.05) is 19.0 Å². The molecule has 1 aromatic heterocycles. The summed E-state index contributed by atoms with van der Waals surface area (Å²) in [4.78, 5) is 6.48. The normalized spacial score (nSPS) is 19.4. The van der Waals surface area contributed by atoms with Crippen LogP contribution in [0.15, 0.2) is 0 Å². The highest BCUT2D eigenvalue weighted by Crippen LogP contribution is 2.38. The molecule has 0 bridgehead atoms. The van der Waals surface area contributed by atoms with Gasteiger partial charge in [-0.1, -0.05) is 11.6 Å². The fourth-order valence-electron chi connectivity index (χ4n) is 2.36. The van der Waals surface area contributed by atoms with Crippen molar-refractivity contribution in [3.8, 4) is 0 Å². The minimum Gasteiger partial charge on any atom is -0.387 e. The Kier molecular flexibility index (Phi) is 3.08. The van der Waals surface area contributed by atoms with Crippen molar-refractivity contribution in [1.29, 1.82) is 0 Å². The number of aromatic nitrogens is 1. The van der Waals surface area contributed by atoms with Crippen molar-refractivity contribution in [3.05, 3.63) is 22.0 Å². The molecule has 88 valence electrons. The second kappa shape index (κ2) is 4.22. The molecule has 1 aromatic rings. The summed E-state index contributed by atoms with van der Waals surface area (Å²) < 4.78 is 0. The summed E-state index contributed by atoms with van der Waals surface area (Å²) in [5.74, 6) is 0. The summed E-state index contributed by atoms with van der Waals surface area (Å²) in [6.45, 7) is 1.93. The van der Waals surface area contributed by atoms with Crippen LogP contribution in [0, 0.1) is 6.92 Å². The van der Waals surface area contributed by atoms with Gasteiger partial charge < -0.3 is 10.0 Å². The highest BCUT2D eigenvalue weighted by atomic mass is 35.5. The highest BCUT2D eigenvalue weighted by molar-refractivity contribution is 6.34. The lowest BCUT2D eigenvalue weighted by molar-refractivity contribution is 0.151. The number of hydrogen-bond donors (Lipinski definition) is 1. The van der Waals surface area contributed by atoms with E-state index in [-0.39, 0.29) is 0 Å². The van der Waals surface area contributed by atoms with Gasteiger partial charge in [0.1, 0.15) is 0 Å². The first kappa shape index (κ1) is 11.7. The van der Waals surface area contributed by atoms with Crippen LogP contribution >= 0.6 is 11.6 Å². The van der Waals surface area contributed by atoms with Gasteiger partial charge in [-0.3, -0.25) is 4.98 Å². The van der Waals surface area contributed by atoms with Crippen LogP contribution in [-0.2, 0) is 6.42 Å². The molecule has 1 unspecified atom stereocenters. The SMILES string of the molecule is Cc1nc2c(c(Cl)c1N(C)C)CCCC2O. The molecule has 4 heteroatoms. The van der Waals surface area contributed by atoms with Crippen LogP contribution in [0.25, 0.3) is 0 Å². The number of fused-ring (bicyclic) bond motifs is 1. The van der Waals surface area contributed by atoms with Crippen molar-refractivity contribution in [2.45, 2.75) is 32.3 Å². The molecular formula is C12H17ClN2O. The van der Waals surface area contributed by atoms with Crippen molar-refractivity contribution in [2.24, 2.45) is 0 Å². The van der Waals surface area contributed by atoms with E-state index < -0.39 is 6.10 Å². The van der Waals surface area contributed by atoms with E-state index in [1.54, 1.807) is 0 Å². The zero-order valence-electron chi connectivity index (χ0n) is 9.92. The smallest absolute Gasteiger partial charge is 0.0963 e. The summed E-state index contributed by atoms with van der Waals surface area (Å²) in [5, 5.41) is 10.7. The van der Waals surface area contributed by atoms with Crippen molar-refractivity contribution in [3.63, 3.8) is 0 Å². The van der Waals surface area contributed by atoms with Crippen molar-refractivity contribution < 1.29 is 5.11 Å². The Balaban J connectivity index is 2.62. The number of nitrogens with zero attached hydrogens (tertiary/aromatic N) is 2. The Bertz CT molecular complexity index is 418. The number of anilines is 1. The number of rotatable bonds is 1. The predicted octanol–water partition coefficient (Wildman–Crippen LogP) is 2.48. The molecule has 1 heterocycles. The van der Waals surface area contributed by atoms with Crippen LogP contribution in [0.4, 0.5) is 5.69 Å². The van der Waals surface area contributed by atoms with Crippen LogP contribution in [-0.4, -0.2) is 24.2 Å². The number of pyridine rings is 1. The zero-order valence-corrected chi connectivity index (χ0v) is 10.7. The van der Waals surface area contributed by atoms with Gasteiger partial charge in [-0.2, -0.15) is 0 Å². The fourth-order valence-corrected chi connectivity index (χ4v) is 2.85. The molecule has 0 saturated heterocycles. The van der Waals surface area contributed by atoms with Gasteiger partial charge >= 0.3 is 0 Å². The molecule has 1 atom stereocenters. The first-order valence-corrected chi connectivity index (χ1v) is 5.94. The molecule has 0 fully saturated rings. The maximum absolute atomic E-state index is 9.90. The van der Waals surface area contributed by atoms with Crippen LogP contribution < -0.4 is 4.90 Å². The van der Waals surface area contributed by atoms with E-state index in [0.717, 1.165) is 46.9 Å². The number of aliphatic hydroxyl groups is 1. The molecule has 2 rings (SSSR count). The average molecular weight is 241 g/mol. The molecule has 0 spiro atoms. The van der Waals surface area contributed by atoms with Gasteiger partial charge in [0.15, 0.2) is 0 Å². The van der Waals surface area contributed by atoms with E-state index in [2.05, 4.69) is 4.98 Å². The molecule has 1 N–H and O–H groups in total. The fraction of sp³-hybridized carbons (Fsp3) is 0.583. The van der Waals surface area contributed by atoms with E-state index in [4.69, 9.17) is 11.6 Å². The van der Waals surface area contributed by atoms with Gasteiger partial charge in [-0.05, 0) is 31.7 Å². The minimum atomic E-state index is -0.448. The molecule has 16 heavy (non-hydrogen) atoms. The van der Waals surface area contributed by atoms with E-state index >= 15 is 0 Å². The molecule has 3 nitrogen and oxygen atoms in total. The number of hydrogen-bond acceptors (Lipinski definition) is 3. The lowest BCUT2D eigenvalue weighted by Gasteiger charge is -2.26. The molecule has 0 amide bonds. The average Bonchev–Trinajstić information content (AvgIpc) is 2.19. The molecule has 0 saturated carbocycles. The van der Waals surface area contributed by atoms with Gasteiger partial charge in [-0.25, -0.2) is 0 Å². The highest BCUT2D eigenvalue weighted by Gasteiger charge is 2.25. The van der Waals surface area contributed by atoms with Crippen LogP contribution in [0.5, 0.6) is 0 Å². The predicted molar refractivity (Wildman–Crippen MR) is 66.2 cm³/mol. The summed E-state index contributed by atoms with van der Waals surface area (Å²) in [6.07, 6.45) is 2.23. The maximum Gasteiger partial charge on any atom is 0.0963 e. The van der Waals surface area contributed by atoms with Gasteiger partial charge in [0.2, 0.25) is 0 Å². The van der Waals surface area contributed by atoms with Crippen molar-refractivity contribution in [1.82, 2.24) is 4.98 Å². The van der Waals surface area contributed by atoms with E-state index in [9.17, 15) is 5.11 Å². The standard InChI is InChI=1S/C12H17ClN2O/c1-7-12(15(2)3)10(13)8-5-4-6-9(16)11(8)14-7/h9,16H,4-6H2,1-3H3. The monoisotopic (exact) mass is 240 g/mol. The van der Waals surface area contributed by atoms with E-state index in [1.807, 2.05) is 25.9 Å². The molecule has 1 aliphatic rings. The van der Waals surface area contributed by atoms with Crippen LogP contribution in [0.1, 0.15) is 35.9 Å².